The topological polar surface area (TPSA) is 51.1 Å². The van der Waals surface area contributed by atoms with Gasteiger partial charge in [0.1, 0.15) is 0 Å². The minimum Gasteiger partial charge on any atom is -0.389 e. The molecule has 0 unspecified atom stereocenters. The van der Waals surface area contributed by atoms with E-state index in [-0.39, 0.29) is 26.3 Å². The standard InChI is InChI=1S/C16H10BBr2F2N3O2/c1-9-2-3-11(24(25)26)10(8-9)16-12-4-6-14(18)22(12)17(20,21)23-13(16)5-7-15(23)19/h2-8H,1H3. The van der Waals surface area contributed by atoms with E-state index in [0.29, 0.717) is 11.1 Å². The summed E-state index contributed by atoms with van der Waals surface area (Å²) < 4.78 is 32.6. The van der Waals surface area contributed by atoms with Crippen molar-refractivity contribution in [1.82, 2.24) is 4.48 Å². The summed E-state index contributed by atoms with van der Waals surface area (Å²) in [5, 5.41) is 11.6. The van der Waals surface area contributed by atoms with E-state index in [0.717, 1.165) is 14.5 Å². The van der Waals surface area contributed by atoms with Gasteiger partial charge in [0, 0.05) is 39.8 Å². The number of aromatic nitrogens is 1. The normalized spacial score (nSPS) is 17.6. The van der Waals surface area contributed by atoms with Crippen molar-refractivity contribution in [3.63, 3.8) is 0 Å². The molecule has 3 heterocycles. The van der Waals surface area contributed by atoms with E-state index < -0.39 is 11.9 Å². The summed E-state index contributed by atoms with van der Waals surface area (Å²) in [6.07, 6.45) is 3.07. The van der Waals surface area contributed by atoms with Crippen molar-refractivity contribution in [3.8, 4) is 0 Å². The van der Waals surface area contributed by atoms with Crippen LogP contribution in [0.4, 0.5) is 14.3 Å². The number of nitro groups is 1. The first-order valence-electron chi connectivity index (χ1n) is 7.62. The Bertz CT molecular complexity index is 1090. The number of nitro benzene ring substituents is 1. The Labute approximate surface area is 163 Å². The van der Waals surface area contributed by atoms with E-state index >= 15 is 8.63 Å². The second-order valence-electron chi connectivity index (χ2n) is 6.06. The van der Waals surface area contributed by atoms with Crippen LogP contribution in [0.25, 0.3) is 5.57 Å². The number of nitrogens with zero attached hydrogens (tertiary/aromatic N) is 3. The lowest BCUT2D eigenvalue weighted by Crippen LogP contribution is -2.50. The van der Waals surface area contributed by atoms with Crippen LogP contribution in [0.2, 0.25) is 0 Å². The molecular formula is C16H10BBr2F2N3O2. The second kappa shape index (κ2) is 5.72. The summed E-state index contributed by atoms with van der Waals surface area (Å²) in [4.78, 5) is 11.1. The Balaban J connectivity index is 2.15. The van der Waals surface area contributed by atoms with E-state index in [2.05, 4.69) is 31.9 Å². The van der Waals surface area contributed by atoms with Crippen molar-refractivity contribution in [3.05, 3.63) is 79.7 Å². The van der Waals surface area contributed by atoms with Crippen LogP contribution in [0.3, 0.4) is 0 Å². The SMILES string of the molecule is Cc1ccc([N+](=O)[O-])c(C2=C3C=CC(Br)=[N+]3[B-](F)(F)n3c(Br)ccc32)c1. The summed E-state index contributed by atoms with van der Waals surface area (Å²) in [6, 6.07) is 7.76. The first-order chi connectivity index (χ1) is 12.2. The summed E-state index contributed by atoms with van der Waals surface area (Å²) in [6.45, 7) is -2.35. The van der Waals surface area contributed by atoms with E-state index in [4.69, 9.17) is 0 Å². The zero-order valence-corrected chi connectivity index (χ0v) is 16.5. The number of allylic oxidation sites excluding steroid dienone is 2. The number of hydrogen-bond acceptors (Lipinski definition) is 2. The van der Waals surface area contributed by atoms with Crippen LogP contribution in [-0.4, -0.2) is 25.5 Å². The van der Waals surface area contributed by atoms with Gasteiger partial charge in [0.15, 0.2) is 5.70 Å². The molecule has 2 aromatic rings. The third-order valence-electron chi connectivity index (χ3n) is 4.49. The lowest BCUT2D eigenvalue weighted by atomic mass is 9.86. The minimum atomic E-state index is -4.15. The van der Waals surface area contributed by atoms with Crippen LogP contribution in [-0.2, 0) is 0 Å². The van der Waals surface area contributed by atoms with Gasteiger partial charge in [0.05, 0.1) is 20.7 Å². The zero-order chi connectivity index (χ0) is 18.8. The lowest BCUT2D eigenvalue weighted by Gasteiger charge is -2.32. The fourth-order valence-corrected chi connectivity index (χ4v) is 4.56. The Hall–Kier alpha value is -2.07. The van der Waals surface area contributed by atoms with Gasteiger partial charge in [-0.05, 0) is 41.1 Å². The number of rotatable bonds is 2. The summed E-state index contributed by atoms with van der Waals surface area (Å²) in [5.74, 6) is 0. The van der Waals surface area contributed by atoms with Crippen molar-refractivity contribution in [1.29, 1.82) is 0 Å². The third-order valence-corrected chi connectivity index (χ3v) is 5.78. The van der Waals surface area contributed by atoms with Crippen molar-refractivity contribution in [2.75, 3.05) is 0 Å². The molecule has 0 saturated carbocycles. The van der Waals surface area contributed by atoms with E-state index in [1.165, 1.54) is 18.2 Å². The van der Waals surface area contributed by atoms with E-state index in [9.17, 15) is 10.1 Å². The molecule has 5 nitrogen and oxygen atoms in total. The molecule has 0 aliphatic carbocycles. The highest BCUT2D eigenvalue weighted by molar-refractivity contribution is 9.18. The Kier molecular flexibility index (Phi) is 3.82. The molecule has 1 aromatic carbocycles. The van der Waals surface area contributed by atoms with Gasteiger partial charge in [0.2, 0.25) is 4.62 Å². The van der Waals surface area contributed by atoms with Crippen LogP contribution in [0.1, 0.15) is 16.8 Å². The maximum atomic E-state index is 15.2. The van der Waals surface area contributed by atoms with Gasteiger partial charge in [-0.25, -0.2) is 0 Å². The summed E-state index contributed by atoms with van der Waals surface area (Å²) in [5.41, 5.74) is 1.83. The molecule has 0 spiro atoms. The highest BCUT2D eigenvalue weighted by Crippen LogP contribution is 2.44. The van der Waals surface area contributed by atoms with Crippen LogP contribution >= 0.6 is 31.9 Å². The molecule has 0 amide bonds. The molecule has 0 fully saturated rings. The average Bonchev–Trinajstić information content (AvgIpc) is 3.12. The van der Waals surface area contributed by atoms with Crippen LogP contribution in [0.15, 0.2) is 52.8 Å². The molecular weight excluding hydrogens is 475 g/mol. The molecule has 0 N–H and O–H groups in total. The Morgan fingerprint density at radius 2 is 1.92 bits per heavy atom. The lowest BCUT2D eigenvalue weighted by molar-refractivity contribution is -0.385. The monoisotopic (exact) mass is 483 g/mol. The van der Waals surface area contributed by atoms with Gasteiger partial charge in [-0.15, -0.1) is 0 Å². The maximum absolute atomic E-state index is 15.2. The Morgan fingerprint density at radius 3 is 2.62 bits per heavy atom. The number of hydrogen-bond donors (Lipinski definition) is 0. The predicted molar refractivity (Wildman–Crippen MR) is 103 cm³/mol. The van der Waals surface area contributed by atoms with Crippen LogP contribution < -0.4 is 0 Å². The molecule has 0 bridgehead atoms. The summed E-state index contributed by atoms with van der Waals surface area (Å²) >= 11 is 6.35. The molecule has 0 radical (unpaired) electrons. The van der Waals surface area contributed by atoms with Gasteiger partial charge < -0.3 is 17.6 Å². The first-order valence-corrected chi connectivity index (χ1v) is 9.21. The Morgan fingerprint density at radius 1 is 1.19 bits per heavy atom. The fraction of sp³-hybridized carbons (Fsp3) is 0.0625. The molecule has 0 atom stereocenters. The highest BCUT2D eigenvalue weighted by atomic mass is 79.9. The van der Waals surface area contributed by atoms with Crippen molar-refractivity contribution >= 4 is 54.7 Å². The maximum Gasteiger partial charge on any atom is 0.738 e. The van der Waals surface area contributed by atoms with Gasteiger partial charge in [-0.1, -0.05) is 11.6 Å². The second-order valence-corrected chi connectivity index (χ2v) is 7.69. The number of halogens is 4. The molecule has 26 heavy (non-hydrogen) atoms. The van der Waals surface area contributed by atoms with Gasteiger partial charge >= 0.3 is 6.97 Å². The highest BCUT2D eigenvalue weighted by Gasteiger charge is 2.54. The van der Waals surface area contributed by atoms with Gasteiger partial charge in [-0.3, -0.25) is 10.1 Å². The predicted octanol–water partition coefficient (Wildman–Crippen LogP) is 4.84. The van der Waals surface area contributed by atoms with Crippen molar-refractivity contribution < 1.29 is 18.0 Å². The minimum absolute atomic E-state index is 0.129. The van der Waals surface area contributed by atoms with Gasteiger partial charge in [0.25, 0.3) is 5.69 Å². The molecule has 132 valence electrons. The van der Waals surface area contributed by atoms with Crippen molar-refractivity contribution in [2.24, 2.45) is 0 Å². The smallest absolute Gasteiger partial charge is 0.389 e. The molecule has 10 heteroatoms. The number of fused-ring (bicyclic) bond motifs is 2. The molecule has 2 aliphatic rings. The summed E-state index contributed by atoms with van der Waals surface area (Å²) in [7, 11) is 0. The zero-order valence-electron chi connectivity index (χ0n) is 13.3. The first kappa shape index (κ1) is 17.4. The third kappa shape index (κ3) is 2.28. The number of aryl methyl sites for hydroxylation is 1. The molecule has 2 aliphatic heterocycles. The molecule has 1 aromatic heterocycles. The number of benzene rings is 1. The average molecular weight is 485 g/mol. The van der Waals surface area contributed by atoms with E-state index in [1.807, 2.05) is 0 Å². The van der Waals surface area contributed by atoms with Crippen LogP contribution in [0, 0.1) is 17.0 Å². The van der Waals surface area contributed by atoms with Crippen molar-refractivity contribution in [2.45, 2.75) is 6.92 Å². The van der Waals surface area contributed by atoms with E-state index in [1.54, 1.807) is 31.2 Å². The van der Waals surface area contributed by atoms with Gasteiger partial charge in [-0.2, -0.15) is 0 Å². The molecule has 0 saturated heterocycles. The molecule has 4 rings (SSSR count). The largest absolute Gasteiger partial charge is 0.738 e. The fourth-order valence-electron chi connectivity index (χ4n) is 3.42. The van der Waals surface area contributed by atoms with Crippen LogP contribution in [0.5, 0.6) is 0 Å². The quantitative estimate of drug-likeness (QED) is 0.348.